The molecule has 0 saturated heterocycles. The molecule has 0 fully saturated rings. The number of hydrogen-bond acceptors (Lipinski definition) is 4. The van der Waals surface area contributed by atoms with E-state index in [0.29, 0.717) is 11.3 Å². The van der Waals surface area contributed by atoms with E-state index in [1.54, 1.807) is 37.6 Å². The molecule has 0 bridgehead atoms. The van der Waals surface area contributed by atoms with Crippen molar-refractivity contribution in [3.63, 3.8) is 0 Å². The molecule has 2 aromatic carbocycles. The second-order valence-corrected chi connectivity index (χ2v) is 4.17. The molecule has 5 heteroatoms. The summed E-state index contributed by atoms with van der Waals surface area (Å²) in [6.45, 7) is 0. The summed E-state index contributed by atoms with van der Waals surface area (Å²) in [5, 5.41) is 3.93. The lowest BCUT2D eigenvalue weighted by Gasteiger charge is -2.05. The maximum absolute atomic E-state index is 12.0. The topological polar surface area (TPSA) is 59.9 Å². The van der Waals surface area contributed by atoms with Crippen molar-refractivity contribution < 1.29 is 14.3 Å². The number of para-hydroxylation sites is 1. The molecule has 21 heavy (non-hydrogen) atoms. The Morgan fingerprint density at radius 1 is 1.05 bits per heavy atom. The van der Waals surface area contributed by atoms with Crippen LogP contribution >= 0.6 is 0 Å². The lowest BCUT2D eigenvalue weighted by atomic mass is 10.2. The standard InChI is InChI=1S/C16H16N2O3/c1-20-13-9-7-12(8-10-13)11-17-18-16(19)14-5-3-4-6-15(14)21-2/h3-11H,1-2H3,(H,18,19). The third-order valence-electron chi connectivity index (χ3n) is 2.85. The molecule has 1 N–H and O–H groups in total. The van der Waals surface area contributed by atoms with Crippen LogP contribution in [0, 0.1) is 0 Å². The van der Waals surface area contributed by atoms with Crippen molar-refractivity contribution in [2.75, 3.05) is 14.2 Å². The number of hydrogen-bond donors (Lipinski definition) is 1. The number of methoxy groups -OCH3 is 2. The zero-order chi connectivity index (χ0) is 15.1. The van der Waals surface area contributed by atoms with Crippen LogP contribution in [0.3, 0.4) is 0 Å². The fourth-order valence-electron chi connectivity index (χ4n) is 1.75. The molecule has 0 aromatic heterocycles. The first-order valence-corrected chi connectivity index (χ1v) is 6.35. The van der Waals surface area contributed by atoms with Gasteiger partial charge in [-0.2, -0.15) is 5.10 Å². The molecular weight excluding hydrogens is 268 g/mol. The van der Waals surface area contributed by atoms with Gasteiger partial charge in [0, 0.05) is 0 Å². The van der Waals surface area contributed by atoms with E-state index in [9.17, 15) is 4.79 Å². The van der Waals surface area contributed by atoms with Crippen molar-refractivity contribution in [3.05, 3.63) is 59.7 Å². The Bertz CT molecular complexity index is 636. The Hall–Kier alpha value is -2.82. The molecule has 0 aliphatic heterocycles. The zero-order valence-electron chi connectivity index (χ0n) is 11.9. The fraction of sp³-hybridized carbons (Fsp3) is 0.125. The molecule has 2 aromatic rings. The molecule has 0 aliphatic carbocycles. The molecule has 1 amide bonds. The van der Waals surface area contributed by atoms with Gasteiger partial charge in [0.25, 0.3) is 5.91 Å². The monoisotopic (exact) mass is 284 g/mol. The highest BCUT2D eigenvalue weighted by molar-refractivity contribution is 5.97. The normalized spacial score (nSPS) is 10.4. The minimum Gasteiger partial charge on any atom is -0.497 e. The van der Waals surface area contributed by atoms with E-state index in [-0.39, 0.29) is 5.91 Å². The number of rotatable bonds is 5. The van der Waals surface area contributed by atoms with Gasteiger partial charge in [-0.05, 0) is 42.0 Å². The summed E-state index contributed by atoms with van der Waals surface area (Å²) >= 11 is 0. The minimum atomic E-state index is -0.322. The van der Waals surface area contributed by atoms with E-state index >= 15 is 0 Å². The Balaban J connectivity index is 2.01. The average Bonchev–Trinajstić information content (AvgIpc) is 2.55. The van der Waals surface area contributed by atoms with Gasteiger partial charge in [-0.1, -0.05) is 12.1 Å². The highest BCUT2D eigenvalue weighted by atomic mass is 16.5. The summed E-state index contributed by atoms with van der Waals surface area (Å²) in [5.41, 5.74) is 3.76. The Morgan fingerprint density at radius 3 is 2.43 bits per heavy atom. The van der Waals surface area contributed by atoms with Crippen LogP contribution in [0.25, 0.3) is 0 Å². The van der Waals surface area contributed by atoms with Gasteiger partial charge >= 0.3 is 0 Å². The summed E-state index contributed by atoms with van der Waals surface area (Å²) in [6.07, 6.45) is 1.56. The van der Waals surface area contributed by atoms with Crippen LogP contribution in [-0.2, 0) is 0 Å². The highest BCUT2D eigenvalue weighted by Gasteiger charge is 2.09. The molecule has 0 saturated carbocycles. The van der Waals surface area contributed by atoms with Gasteiger partial charge < -0.3 is 9.47 Å². The van der Waals surface area contributed by atoms with E-state index in [0.717, 1.165) is 11.3 Å². The number of carbonyl (C=O) groups is 1. The fourth-order valence-corrected chi connectivity index (χ4v) is 1.75. The second kappa shape index (κ2) is 7.09. The molecule has 0 unspecified atom stereocenters. The largest absolute Gasteiger partial charge is 0.497 e. The maximum atomic E-state index is 12.0. The van der Waals surface area contributed by atoms with Crippen LogP contribution in [0.5, 0.6) is 11.5 Å². The minimum absolute atomic E-state index is 0.322. The van der Waals surface area contributed by atoms with Gasteiger partial charge in [0.15, 0.2) is 0 Å². The first-order chi connectivity index (χ1) is 10.2. The predicted molar refractivity (Wildman–Crippen MR) is 81.0 cm³/mol. The average molecular weight is 284 g/mol. The van der Waals surface area contributed by atoms with E-state index in [2.05, 4.69) is 10.5 Å². The molecule has 108 valence electrons. The molecule has 0 radical (unpaired) electrons. The van der Waals surface area contributed by atoms with Crippen molar-refractivity contribution in [3.8, 4) is 11.5 Å². The number of ether oxygens (including phenoxy) is 2. The van der Waals surface area contributed by atoms with E-state index in [1.807, 2.05) is 24.3 Å². The number of benzene rings is 2. The summed E-state index contributed by atoms with van der Waals surface area (Å²) in [5.74, 6) is 0.956. The first kappa shape index (κ1) is 14.6. The Morgan fingerprint density at radius 2 is 1.76 bits per heavy atom. The number of hydrazone groups is 1. The SMILES string of the molecule is COc1ccc(C=NNC(=O)c2ccccc2OC)cc1. The summed E-state index contributed by atoms with van der Waals surface area (Å²) < 4.78 is 10.2. The summed E-state index contributed by atoms with van der Waals surface area (Å²) in [4.78, 5) is 12.0. The molecular formula is C16H16N2O3. The summed E-state index contributed by atoms with van der Waals surface area (Å²) in [6, 6.07) is 14.3. The van der Waals surface area contributed by atoms with E-state index in [4.69, 9.17) is 9.47 Å². The molecule has 0 spiro atoms. The van der Waals surface area contributed by atoms with Crippen LogP contribution in [0.15, 0.2) is 53.6 Å². The quantitative estimate of drug-likeness (QED) is 0.677. The van der Waals surface area contributed by atoms with Gasteiger partial charge in [0.1, 0.15) is 11.5 Å². The zero-order valence-corrected chi connectivity index (χ0v) is 11.9. The molecule has 0 heterocycles. The second-order valence-electron chi connectivity index (χ2n) is 4.17. The van der Waals surface area contributed by atoms with Crippen molar-refractivity contribution in [1.29, 1.82) is 0 Å². The van der Waals surface area contributed by atoms with E-state index < -0.39 is 0 Å². The third kappa shape index (κ3) is 3.82. The van der Waals surface area contributed by atoms with Gasteiger partial charge in [-0.15, -0.1) is 0 Å². The smallest absolute Gasteiger partial charge is 0.275 e. The van der Waals surface area contributed by atoms with Crippen molar-refractivity contribution in [1.82, 2.24) is 5.43 Å². The van der Waals surface area contributed by atoms with Crippen LogP contribution in [0.4, 0.5) is 0 Å². The first-order valence-electron chi connectivity index (χ1n) is 6.35. The molecule has 0 aliphatic rings. The van der Waals surface area contributed by atoms with Crippen LogP contribution in [0.1, 0.15) is 15.9 Å². The Kier molecular flexibility index (Phi) is 4.93. The lowest BCUT2D eigenvalue weighted by molar-refractivity contribution is 0.0952. The molecule has 5 nitrogen and oxygen atoms in total. The number of amides is 1. The van der Waals surface area contributed by atoms with Gasteiger partial charge in [0.05, 0.1) is 26.0 Å². The predicted octanol–water partition coefficient (Wildman–Crippen LogP) is 2.47. The Labute approximate surface area is 123 Å². The van der Waals surface area contributed by atoms with Crippen LogP contribution in [0.2, 0.25) is 0 Å². The number of carbonyl (C=O) groups excluding carboxylic acids is 1. The van der Waals surface area contributed by atoms with Crippen LogP contribution in [-0.4, -0.2) is 26.3 Å². The third-order valence-corrected chi connectivity index (χ3v) is 2.85. The van der Waals surface area contributed by atoms with Crippen molar-refractivity contribution >= 4 is 12.1 Å². The van der Waals surface area contributed by atoms with Gasteiger partial charge in [0.2, 0.25) is 0 Å². The van der Waals surface area contributed by atoms with Crippen LogP contribution < -0.4 is 14.9 Å². The molecule has 2 rings (SSSR count). The van der Waals surface area contributed by atoms with Gasteiger partial charge in [-0.3, -0.25) is 4.79 Å². The maximum Gasteiger partial charge on any atom is 0.275 e. The highest BCUT2D eigenvalue weighted by Crippen LogP contribution is 2.16. The van der Waals surface area contributed by atoms with Crippen molar-refractivity contribution in [2.45, 2.75) is 0 Å². The summed E-state index contributed by atoms with van der Waals surface area (Å²) in [7, 11) is 3.13. The molecule has 0 atom stereocenters. The van der Waals surface area contributed by atoms with E-state index in [1.165, 1.54) is 7.11 Å². The van der Waals surface area contributed by atoms with Gasteiger partial charge in [-0.25, -0.2) is 5.43 Å². The number of nitrogens with one attached hydrogen (secondary N) is 1. The lowest BCUT2D eigenvalue weighted by Crippen LogP contribution is -2.18. The van der Waals surface area contributed by atoms with Crippen molar-refractivity contribution in [2.24, 2.45) is 5.10 Å². The number of nitrogens with zero attached hydrogens (tertiary/aromatic N) is 1.